The average Bonchev–Trinajstić information content (AvgIpc) is 2.58. The van der Waals surface area contributed by atoms with Crippen LogP contribution in [0.15, 0.2) is 66.9 Å². The van der Waals surface area contributed by atoms with Crippen LogP contribution >= 0.6 is 23.2 Å². The van der Waals surface area contributed by atoms with Crippen LogP contribution in [0.1, 0.15) is 10.5 Å². The first-order valence-corrected chi connectivity index (χ1v) is 7.67. The van der Waals surface area contributed by atoms with Gasteiger partial charge in [-0.3, -0.25) is 9.78 Å². The topological polar surface area (TPSA) is 42.0 Å². The molecule has 23 heavy (non-hydrogen) atoms. The van der Waals surface area contributed by atoms with Gasteiger partial charge in [-0.25, -0.2) is 0 Å². The normalized spacial score (nSPS) is 10.3. The van der Waals surface area contributed by atoms with Crippen molar-refractivity contribution in [1.29, 1.82) is 0 Å². The standard InChI is InChI=1S/C18H12Cl2N2O/c19-15-7-6-12(10-16(15)20)13-8-9-21-17(11-13)18(23)22-14-4-2-1-3-5-14/h1-11H,(H,22,23). The van der Waals surface area contributed by atoms with E-state index in [4.69, 9.17) is 23.2 Å². The van der Waals surface area contributed by atoms with Gasteiger partial charge < -0.3 is 5.32 Å². The van der Waals surface area contributed by atoms with E-state index in [1.54, 1.807) is 24.4 Å². The Kier molecular flexibility index (Phi) is 4.60. The first-order chi connectivity index (χ1) is 11.1. The number of pyridine rings is 1. The summed E-state index contributed by atoms with van der Waals surface area (Å²) >= 11 is 12.0. The van der Waals surface area contributed by atoms with Crippen LogP contribution in [0.25, 0.3) is 11.1 Å². The van der Waals surface area contributed by atoms with Crippen molar-refractivity contribution in [1.82, 2.24) is 4.98 Å². The fraction of sp³-hybridized carbons (Fsp3) is 0. The number of nitrogens with zero attached hydrogens (tertiary/aromatic N) is 1. The highest BCUT2D eigenvalue weighted by Crippen LogP contribution is 2.28. The van der Waals surface area contributed by atoms with Crippen molar-refractivity contribution in [3.8, 4) is 11.1 Å². The smallest absolute Gasteiger partial charge is 0.274 e. The molecule has 3 aromatic rings. The number of hydrogen-bond acceptors (Lipinski definition) is 2. The maximum absolute atomic E-state index is 12.3. The molecule has 1 N–H and O–H groups in total. The van der Waals surface area contributed by atoms with Crippen LogP contribution < -0.4 is 5.32 Å². The number of para-hydroxylation sites is 1. The molecule has 1 amide bonds. The van der Waals surface area contributed by atoms with E-state index in [9.17, 15) is 4.79 Å². The average molecular weight is 343 g/mol. The number of hydrogen-bond donors (Lipinski definition) is 1. The minimum atomic E-state index is -0.266. The van der Waals surface area contributed by atoms with Gasteiger partial charge in [-0.05, 0) is 47.5 Å². The number of aromatic nitrogens is 1. The van der Waals surface area contributed by atoms with Gasteiger partial charge in [0.15, 0.2) is 0 Å². The summed E-state index contributed by atoms with van der Waals surface area (Å²) in [6.07, 6.45) is 1.59. The summed E-state index contributed by atoms with van der Waals surface area (Å²) in [4.78, 5) is 16.4. The maximum Gasteiger partial charge on any atom is 0.274 e. The second-order valence-electron chi connectivity index (χ2n) is 4.88. The molecule has 0 fully saturated rings. The lowest BCUT2D eigenvalue weighted by molar-refractivity contribution is 0.102. The number of nitrogens with one attached hydrogen (secondary N) is 1. The molecule has 1 aromatic heterocycles. The molecule has 3 rings (SSSR count). The van der Waals surface area contributed by atoms with Gasteiger partial charge in [-0.2, -0.15) is 0 Å². The van der Waals surface area contributed by atoms with E-state index in [-0.39, 0.29) is 5.91 Å². The second-order valence-corrected chi connectivity index (χ2v) is 5.69. The molecule has 2 aromatic carbocycles. The minimum absolute atomic E-state index is 0.266. The largest absolute Gasteiger partial charge is 0.321 e. The predicted octanol–water partition coefficient (Wildman–Crippen LogP) is 5.31. The van der Waals surface area contributed by atoms with Gasteiger partial charge in [0.1, 0.15) is 5.69 Å². The fourth-order valence-electron chi connectivity index (χ4n) is 2.13. The molecule has 0 spiro atoms. The molecule has 0 unspecified atom stereocenters. The monoisotopic (exact) mass is 342 g/mol. The molecular formula is C18H12Cl2N2O. The first kappa shape index (κ1) is 15.5. The zero-order valence-corrected chi connectivity index (χ0v) is 13.5. The molecule has 0 atom stereocenters. The van der Waals surface area contributed by atoms with Crippen LogP contribution in [0.5, 0.6) is 0 Å². The van der Waals surface area contributed by atoms with Crippen molar-refractivity contribution in [2.75, 3.05) is 5.32 Å². The van der Waals surface area contributed by atoms with Crippen LogP contribution in [0.3, 0.4) is 0 Å². The van der Waals surface area contributed by atoms with Gasteiger partial charge in [-0.1, -0.05) is 47.5 Å². The Morgan fingerprint density at radius 2 is 1.61 bits per heavy atom. The Morgan fingerprint density at radius 1 is 0.870 bits per heavy atom. The van der Waals surface area contributed by atoms with Gasteiger partial charge in [-0.15, -0.1) is 0 Å². The van der Waals surface area contributed by atoms with E-state index in [0.29, 0.717) is 15.7 Å². The predicted molar refractivity (Wildman–Crippen MR) is 94.1 cm³/mol. The van der Waals surface area contributed by atoms with E-state index >= 15 is 0 Å². The number of carbonyl (C=O) groups excluding carboxylic acids is 1. The van der Waals surface area contributed by atoms with Crippen LogP contribution in [-0.4, -0.2) is 10.9 Å². The molecule has 0 saturated heterocycles. The summed E-state index contributed by atoms with van der Waals surface area (Å²) in [5.41, 5.74) is 2.77. The number of carbonyl (C=O) groups is 1. The van der Waals surface area contributed by atoms with Crippen molar-refractivity contribution in [3.05, 3.63) is 82.6 Å². The summed E-state index contributed by atoms with van der Waals surface area (Å²) in [7, 11) is 0. The number of benzene rings is 2. The van der Waals surface area contributed by atoms with Crippen molar-refractivity contribution in [2.45, 2.75) is 0 Å². The zero-order valence-electron chi connectivity index (χ0n) is 12.0. The van der Waals surface area contributed by atoms with Crippen LogP contribution in [0.4, 0.5) is 5.69 Å². The Labute approximate surface area is 143 Å². The summed E-state index contributed by atoms with van der Waals surface area (Å²) in [5, 5.41) is 3.77. The highest BCUT2D eigenvalue weighted by Gasteiger charge is 2.10. The third-order valence-corrected chi connectivity index (χ3v) is 4.02. The molecular weight excluding hydrogens is 331 g/mol. The molecule has 0 radical (unpaired) electrons. The van der Waals surface area contributed by atoms with Gasteiger partial charge in [0.05, 0.1) is 10.0 Å². The number of anilines is 1. The number of amides is 1. The molecule has 0 aliphatic heterocycles. The highest BCUT2D eigenvalue weighted by atomic mass is 35.5. The molecule has 0 saturated carbocycles. The van der Waals surface area contributed by atoms with Crippen molar-refractivity contribution < 1.29 is 4.79 Å². The van der Waals surface area contributed by atoms with Crippen molar-refractivity contribution >= 4 is 34.8 Å². The molecule has 0 aliphatic carbocycles. The van der Waals surface area contributed by atoms with Crippen molar-refractivity contribution in [2.24, 2.45) is 0 Å². The van der Waals surface area contributed by atoms with Crippen LogP contribution in [-0.2, 0) is 0 Å². The first-order valence-electron chi connectivity index (χ1n) is 6.91. The van der Waals surface area contributed by atoms with Gasteiger partial charge in [0.25, 0.3) is 5.91 Å². The van der Waals surface area contributed by atoms with E-state index in [0.717, 1.165) is 16.8 Å². The SMILES string of the molecule is O=C(Nc1ccccc1)c1cc(-c2ccc(Cl)c(Cl)c2)ccn1. The zero-order chi connectivity index (χ0) is 16.2. The molecule has 5 heteroatoms. The summed E-state index contributed by atoms with van der Waals surface area (Å²) in [5.74, 6) is -0.266. The second kappa shape index (κ2) is 6.82. The molecule has 1 heterocycles. The number of halogens is 2. The highest BCUT2D eigenvalue weighted by molar-refractivity contribution is 6.42. The third-order valence-electron chi connectivity index (χ3n) is 3.28. The van der Waals surface area contributed by atoms with Crippen LogP contribution in [0, 0.1) is 0 Å². The third kappa shape index (κ3) is 3.70. The lowest BCUT2D eigenvalue weighted by Crippen LogP contribution is -2.13. The van der Waals surface area contributed by atoms with E-state index in [1.165, 1.54) is 0 Å². The van der Waals surface area contributed by atoms with Gasteiger partial charge in [0, 0.05) is 11.9 Å². The molecule has 114 valence electrons. The molecule has 3 nitrogen and oxygen atoms in total. The van der Waals surface area contributed by atoms with Gasteiger partial charge >= 0.3 is 0 Å². The fourth-order valence-corrected chi connectivity index (χ4v) is 2.42. The maximum atomic E-state index is 12.3. The van der Waals surface area contributed by atoms with E-state index in [2.05, 4.69) is 10.3 Å². The summed E-state index contributed by atoms with van der Waals surface area (Å²) < 4.78 is 0. The summed E-state index contributed by atoms with van der Waals surface area (Å²) in [6, 6.07) is 18.1. The lowest BCUT2D eigenvalue weighted by Gasteiger charge is -2.07. The lowest BCUT2D eigenvalue weighted by atomic mass is 10.1. The van der Waals surface area contributed by atoms with Gasteiger partial charge in [0.2, 0.25) is 0 Å². The minimum Gasteiger partial charge on any atom is -0.321 e. The van der Waals surface area contributed by atoms with E-state index in [1.807, 2.05) is 42.5 Å². The Bertz CT molecular complexity index is 851. The molecule has 0 aliphatic rings. The summed E-state index contributed by atoms with van der Waals surface area (Å²) in [6.45, 7) is 0. The quantitative estimate of drug-likeness (QED) is 0.700. The molecule has 0 bridgehead atoms. The Morgan fingerprint density at radius 3 is 2.35 bits per heavy atom. The Balaban J connectivity index is 1.87. The van der Waals surface area contributed by atoms with Crippen molar-refractivity contribution in [3.63, 3.8) is 0 Å². The number of rotatable bonds is 3. The van der Waals surface area contributed by atoms with E-state index < -0.39 is 0 Å². The van der Waals surface area contributed by atoms with Crippen LogP contribution in [0.2, 0.25) is 10.0 Å². The Hall–Kier alpha value is -2.36.